The summed E-state index contributed by atoms with van der Waals surface area (Å²) in [7, 11) is 0. The highest BCUT2D eigenvalue weighted by molar-refractivity contribution is 5.42. The van der Waals surface area contributed by atoms with Crippen LogP contribution in [0.15, 0.2) is 90.9 Å². The van der Waals surface area contributed by atoms with E-state index in [2.05, 4.69) is 0 Å². The molecule has 4 rings (SSSR count). The lowest BCUT2D eigenvalue weighted by Gasteiger charge is -2.19. The maximum absolute atomic E-state index is 5.75. The van der Waals surface area contributed by atoms with Crippen LogP contribution in [0, 0.1) is 0 Å². The molecule has 3 aromatic carbocycles. The van der Waals surface area contributed by atoms with Crippen molar-refractivity contribution in [2.75, 3.05) is 6.61 Å². The molecule has 0 atom stereocenters. The van der Waals surface area contributed by atoms with E-state index in [1.165, 1.54) is 0 Å². The summed E-state index contributed by atoms with van der Waals surface area (Å²) >= 11 is 0. The molecule has 3 aromatic rings. The zero-order valence-corrected chi connectivity index (χ0v) is 13.4. The lowest BCUT2D eigenvalue weighted by atomic mass is 10.3. The van der Waals surface area contributed by atoms with Crippen molar-refractivity contribution in [3.63, 3.8) is 0 Å². The Bertz CT molecular complexity index is 870. The molecular weight excluding hydrogens is 316 g/mol. The Morgan fingerprint density at radius 1 is 0.680 bits per heavy atom. The van der Waals surface area contributed by atoms with Crippen molar-refractivity contribution in [3.8, 4) is 28.7 Å². The van der Waals surface area contributed by atoms with Crippen LogP contribution in [0.1, 0.15) is 0 Å². The van der Waals surface area contributed by atoms with Crippen LogP contribution in [0.25, 0.3) is 0 Å². The lowest BCUT2D eigenvalue weighted by molar-refractivity contribution is 0.222. The first-order chi connectivity index (χ1) is 12.4. The fourth-order valence-corrected chi connectivity index (χ4v) is 2.38. The van der Waals surface area contributed by atoms with Crippen LogP contribution in [-0.2, 0) is 0 Å². The quantitative estimate of drug-likeness (QED) is 0.618. The van der Waals surface area contributed by atoms with E-state index in [-0.39, 0.29) is 0 Å². The zero-order chi connectivity index (χ0) is 16.9. The molecule has 0 bridgehead atoms. The Balaban J connectivity index is 1.39. The zero-order valence-electron chi connectivity index (χ0n) is 13.4. The molecule has 0 aromatic heterocycles. The first kappa shape index (κ1) is 15.1. The smallest absolute Gasteiger partial charge is 0.177 e. The maximum atomic E-state index is 5.75. The standard InChI is InChI=1S/C21H16O4/c1-2-6-17(7-3-1)24-18-12-10-16(11-13-18)22-14-19-15-23-20-8-4-5-9-21(20)25-19/h1-14H,15H2. The second kappa shape index (κ2) is 7.01. The Kier molecular flexibility index (Phi) is 4.25. The van der Waals surface area contributed by atoms with E-state index in [9.17, 15) is 0 Å². The predicted octanol–water partition coefficient (Wildman–Crippen LogP) is 5.17. The molecular formula is C21H16O4. The number of rotatable bonds is 4. The van der Waals surface area contributed by atoms with Gasteiger partial charge in [-0.15, -0.1) is 0 Å². The van der Waals surface area contributed by atoms with Gasteiger partial charge in [0.1, 0.15) is 30.1 Å². The Morgan fingerprint density at radius 2 is 1.32 bits per heavy atom. The third-order valence-corrected chi connectivity index (χ3v) is 3.59. The summed E-state index contributed by atoms with van der Waals surface area (Å²) in [6.07, 6.45) is 1.56. The molecule has 1 heterocycles. The van der Waals surface area contributed by atoms with E-state index in [1.54, 1.807) is 6.26 Å². The van der Waals surface area contributed by atoms with Crippen LogP contribution in [-0.4, -0.2) is 6.61 Å². The van der Waals surface area contributed by atoms with E-state index >= 15 is 0 Å². The number of hydrogen-bond donors (Lipinski definition) is 0. The molecule has 0 amide bonds. The number of benzene rings is 3. The average molecular weight is 332 g/mol. The van der Waals surface area contributed by atoms with Gasteiger partial charge in [-0.05, 0) is 48.5 Å². The number of para-hydroxylation sites is 3. The average Bonchev–Trinajstić information content (AvgIpc) is 2.68. The Labute approximate surface area is 145 Å². The largest absolute Gasteiger partial charge is 0.482 e. The monoisotopic (exact) mass is 332 g/mol. The third kappa shape index (κ3) is 3.75. The van der Waals surface area contributed by atoms with Crippen LogP contribution < -0.4 is 18.9 Å². The van der Waals surface area contributed by atoms with Crippen molar-refractivity contribution in [2.45, 2.75) is 0 Å². The van der Waals surface area contributed by atoms with Crippen molar-refractivity contribution >= 4 is 0 Å². The van der Waals surface area contributed by atoms with Gasteiger partial charge in [0.05, 0.1) is 0 Å². The fraction of sp³-hybridized carbons (Fsp3) is 0.0476. The second-order valence-electron chi connectivity index (χ2n) is 5.43. The van der Waals surface area contributed by atoms with Gasteiger partial charge >= 0.3 is 0 Å². The molecule has 4 nitrogen and oxygen atoms in total. The van der Waals surface area contributed by atoms with Crippen LogP contribution >= 0.6 is 0 Å². The van der Waals surface area contributed by atoms with E-state index in [0.717, 1.165) is 17.2 Å². The van der Waals surface area contributed by atoms with Gasteiger partial charge in [0.2, 0.25) is 0 Å². The SMILES string of the molecule is C(Oc1ccc(Oc2ccccc2)cc1)=C1COc2ccccc2O1. The van der Waals surface area contributed by atoms with Gasteiger partial charge in [0.15, 0.2) is 17.3 Å². The highest BCUT2D eigenvalue weighted by Gasteiger charge is 2.15. The molecule has 25 heavy (non-hydrogen) atoms. The summed E-state index contributed by atoms with van der Waals surface area (Å²) in [5.41, 5.74) is 0. The molecule has 0 N–H and O–H groups in total. The molecule has 0 aliphatic carbocycles. The Morgan fingerprint density at radius 3 is 2.12 bits per heavy atom. The van der Waals surface area contributed by atoms with Crippen molar-refractivity contribution in [2.24, 2.45) is 0 Å². The van der Waals surface area contributed by atoms with Crippen LogP contribution in [0.4, 0.5) is 0 Å². The summed E-state index contributed by atoms with van der Waals surface area (Å²) < 4.78 is 22.8. The van der Waals surface area contributed by atoms with E-state index in [4.69, 9.17) is 18.9 Å². The van der Waals surface area contributed by atoms with Gasteiger partial charge in [-0.1, -0.05) is 30.3 Å². The van der Waals surface area contributed by atoms with Gasteiger partial charge < -0.3 is 18.9 Å². The van der Waals surface area contributed by atoms with Gasteiger partial charge in [-0.3, -0.25) is 0 Å². The van der Waals surface area contributed by atoms with E-state index in [0.29, 0.717) is 23.9 Å². The van der Waals surface area contributed by atoms with Gasteiger partial charge in [-0.25, -0.2) is 0 Å². The van der Waals surface area contributed by atoms with Crippen LogP contribution in [0.3, 0.4) is 0 Å². The van der Waals surface area contributed by atoms with Crippen molar-refractivity contribution in [1.82, 2.24) is 0 Å². The molecule has 0 saturated carbocycles. The summed E-state index contributed by atoms with van der Waals surface area (Å²) in [4.78, 5) is 0. The van der Waals surface area contributed by atoms with Gasteiger partial charge in [0.25, 0.3) is 0 Å². The summed E-state index contributed by atoms with van der Waals surface area (Å²) in [6.45, 7) is 0.339. The highest BCUT2D eigenvalue weighted by atomic mass is 16.6. The highest BCUT2D eigenvalue weighted by Crippen LogP contribution is 2.32. The van der Waals surface area contributed by atoms with Crippen LogP contribution in [0.2, 0.25) is 0 Å². The minimum atomic E-state index is 0.339. The molecule has 4 heteroatoms. The maximum Gasteiger partial charge on any atom is 0.177 e. The van der Waals surface area contributed by atoms with Crippen LogP contribution in [0.5, 0.6) is 28.7 Å². The topological polar surface area (TPSA) is 36.9 Å². The molecule has 0 unspecified atom stereocenters. The normalized spacial score (nSPS) is 14.2. The third-order valence-electron chi connectivity index (χ3n) is 3.59. The Hall–Kier alpha value is -3.40. The molecule has 0 radical (unpaired) electrons. The molecule has 1 aliphatic heterocycles. The fourth-order valence-electron chi connectivity index (χ4n) is 2.38. The predicted molar refractivity (Wildman–Crippen MR) is 94.2 cm³/mol. The minimum absolute atomic E-state index is 0.339. The number of ether oxygens (including phenoxy) is 4. The first-order valence-electron chi connectivity index (χ1n) is 7.95. The summed E-state index contributed by atoms with van der Waals surface area (Å²) in [5, 5.41) is 0. The van der Waals surface area contributed by atoms with Gasteiger partial charge in [-0.2, -0.15) is 0 Å². The minimum Gasteiger partial charge on any atom is -0.482 e. The van der Waals surface area contributed by atoms with Gasteiger partial charge in [0, 0.05) is 0 Å². The molecule has 0 spiro atoms. The molecule has 124 valence electrons. The molecule has 0 saturated heterocycles. The second-order valence-corrected chi connectivity index (χ2v) is 5.43. The van der Waals surface area contributed by atoms with E-state index in [1.807, 2.05) is 78.9 Å². The van der Waals surface area contributed by atoms with Crippen molar-refractivity contribution in [3.05, 3.63) is 90.9 Å². The molecule has 1 aliphatic rings. The summed E-state index contributed by atoms with van der Waals surface area (Å²) in [5.74, 6) is 4.28. The van der Waals surface area contributed by atoms with Crippen molar-refractivity contribution < 1.29 is 18.9 Å². The first-order valence-corrected chi connectivity index (χ1v) is 7.95. The molecule has 0 fully saturated rings. The van der Waals surface area contributed by atoms with Crippen molar-refractivity contribution in [1.29, 1.82) is 0 Å². The number of fused-ring (bicyclic) bond motifs is 1. The lowest BCUT2D eigenvalue weighted by Crippen LogP contribution is -2.14. The number of hydrogen-bond acceptors (Lipinski definition) is 4. The van der Waals surface area contributed by atoms with E-state index < -0.39 is 0 Å². The summed E-state index contributed by atoms with van der Waals surface area (Å²) in [6, 6.07) is 24.6.